The molecule has 0 radical (unpaired) electrons. The molecule has 0 unspecified atom stereocenters. The number of rotatable bonds is 2. The van der Waals surface area contributed by atoms with Gasteiger partial charge in [-0.1, -0.05) is 6.92 Å². The summed E-state index contributed by atoms with van der Waals surface area (Å²) in [6.07, 6.45) is 4.32. The first-order valence-electron chi connectivity index (χ1n) is 4.39. The molecule has 0 fully saturated rings. The van der Waals surface area contributed by atoms with E-state index in [-0.39, 0.29) is 5.69 Å². The van der Waals surface area contributed by atoms with E-state index >= 15 is 0 Å². The predicted octanol–water partition coefficient (Wildman–Crippen LogP) is 0.722. The van der Waals surface area contributed by atoms with Crippen molar-refractivity contribution >= 4 is 0 Å². The molecule has 2 aromatic heterocycles. The Hall–Kier alpha value is -1.91. The quantitative estimate of drug-likeness (QED) is 0.732. The van der Waals surface area contributed by atoms with Crippen molar-refractivity contribution in [2.24, 2.45) is 0 Å². The summed E-state index contributed by atoms with van der Waals surface area (Å²) in [5.41, 5.74) is 1.69. The number of pyridine rings is 1. The van der Waals surface area contributed by atoms with Crippen LogP contribution in [0.2, 0.25) is 0 Å². The number of aromatic nitrogens is 4. The summed E-state index contributed by atoms with van der Waals surface area (Å²) in [6.45, 7) is 2.03. The summed E-state index contributed by atoms with van der Waals surface area (Å²) in [5, 5.41) is 6.21. The Kier molecular flexibility index (Phi) is 2.14. The number of hydrogen-bond donors (Lipinski definition) is 2. The Labute approximate surface area is 80.2 Å². The summed E-state index contributed by atoms with van der Waals surface area (Å²) >= 11 is 0. The zero-order valence-electron chi connectivity index (χ0n) is 7.74. The Morgan fingerprint density at radius 3 is 3.00 bits per heavy atom. The molecule has 0 bridgehead atoms. The van der Waals surface area contributed by atoms with Gasteiger partial charge in [-0.3, -0.25) is 9.97 Å². The second-order valence-electron chi connectivity index (χ2n) is 2.91. The predicted molar refractivity (Wildman–Crippen MR) is 51.8 cm³/mol. The molecule has 0 aliphatic heterocycles. The highest BCUT2D eigenvalue weighted by Gasteiger charge is 2.06. The minimum absolute atomic E-state index is 0.293. The van der Waals surface area contributed by atoms with E-state index in [1.165, 1.54) is 0 Å². The lowest BCUT2D eigenvalue weighted by atomic mass is 10.1. The average molecular weight is 190 g/mol. The highest BCUT2D eigenvalue weighted by molar-refractivity contribution is 5.58. The molecule has 5 nitrogen and oxygen atoms in total. The van der Waals surface area contributed by atoms with Gasteiger partial charge in [0.1, 0.15) is 0 Å². The van der Waals surface area contributed by atoms with Gasteiger partial charge in [-0.25, -0.2) is 9.89 Å². The van der Waals surface area contributed by atoms with Crippen LogP contribution in [0.3, 0.4) is 0 Å². The lowest BCUT2D eigenvalue weighted by Gasteiger charge is -2.01. The van der Waals surface area contributed by atoms with Gasteiger partial charge in [0.2, 0.25) is 0 Å². The van der Waals surface area contributed by atoms with Gasteiger partial charge in [0.25, 0.3) is 0 Å². The molecule has 0 amide bonds. The zero-order chi connectivity index (χ0) is 9.97. The Balaban J connectivity index is 2.55. The average Bonchev–Trinajstić information content (AvgIpc) is 2.65. The number of nitrogens with zero attached hydrogens (tertiary/aromatic N) is 2. The van der Waals surface area contributed by atoms with E-state index in [2.05, 4.69) is 20.2 Å². The van der Waals surface area contributed by atoms with Gasteiger partial charge in [0, 0.05) is 18.0 Å². The second-order valence-corrected chi connectivity index (χ2v) is 2.91. The standard InChI is InChI=1S/C9H10N4O/c1-2-6-5-10-4-3-7(6)8-11-9(14)13-12-8/h3-5H,2H2,1H3,(H2,11,12,13,14). The van der Waals surface area contributed by atoms with Gasteiger partial charge in [0.05, 0.1) is 0 Å². The largest absolute Gasteiger partial charge is 0.340 e. The summed E-state index contributed by atoms with van der Waals surface area (Å²) < 4.78 is 0. The summed E-state index contributed by atoms with van der Waals surface area (Å²) in [6, 6.07) is 1.84. The third kappa shape index (κ3) is 1.44. The first kappa shape index (κ1) is 8.68. The van der Waals surface area contributed by atoms with E-state index in [9.17, 15) is 4.79 Å². The molecule has 0 aliphatic rings. The van der Waals surface area contributed by atoms with Crippen LogP contribution in [0.15, 0.2) is 23.3 Å². The number of H-pyrrole nitrogens is 2. The second kappa shape index (κ2) is 3.45. The monoisotopic (exact) mass is 190 g/mol. The van der Waals surface area contributed by atoms with Crippen LogP contribution in [-0.4, -0.2) is 20.2 Å². The molecule has 0 aromatic carbocycles. The normalized spacial score (nSPS) is 10.4. The smallest absolute Gasteiger partial charge is 0.289 e. The van der Waals surface area contributed by atoms with Crippen LogP contribution in [-0.2, 0) is 6.42 Å². The fraction of sp³-hybridized carbons (Fsp3) is 0.222. The maximum atomic E-state index is 10.9. The Morgan fingerprint density at radius 1 is 1.50 bits per heavy atom. The third-order valence-electron chi connectivity index (χ3n) is 2.04. The molecule has 0 atom stereocenters. The topological polar surface area (TPSA) is 74.4 Å². The molecule has 2 heterocycles. The lowest BCUT2D eigenvalue weighted by Crippen LogP contribution is -2.00. The van der Waals surface area contributed by atoms with Crippen molar-refractivity contribution in [2.75, 3.05) is 0 Å². The molecule has 0 spiro atoms. The Bertz CT molecular complexity index is 485. The minimum Gasteiger partial charge on any atom is -0.289 e. The van der Waals surface area contributed by atoms with Crippen LogP contribution in [0.4, 0.5) is 0 Å². The highest BCUT2D eigenvalue weighted by atomic mass is 16.1. The molecular formula is C9H10N4O. The van der Waals surface area contributed by atoms with Gasteiger partial charge in [-0.15, -0.1) is 0 Å². The molecule has 0 aliphatic carbocycles. The van der Waals surface area contributed by atoms with E-state index in [0.29, 0.717) is 5.82 Å². The van der Waals surface area contributed by atoms with Gasteiger partial charge in [0.15, 0.2) is 5.82 Å². The minimum atomic E-state index is -0.293. The van der Waals surface area contributed by atoms with Crippen molar-refractivity contribution < 1.29 is 0 Å². The molecule has 2 aromatic rings. The first-order valence-corrected chi connectivity index (χ1v) is 4.39. The van der Waals surface area contributed by atoms with Gasteiger partial charge >= 0.3 is 5.69 Å². The maximum Gasteiger partial charge on any atom is 0.340 e. The molecule has 0 saturated heterocycles. The fourth-order valence-corrected chi connectivity index (χ4v) is 1.34. The van der Waals surface area contributed by atoms with Crippen LogP contribution in [0, 0.1) is 0 Å². The van der Waals surface area contributed by atoms with Gasteiger partial charge in [-0.2, -0.15) is 5.10 Å². The molecule has 2 N–H and O–H groups in total. The first-order chi connectivity index (χ1) is 6.81. The molecule has 2 rings (SSSR count). The van der Waals surface area contributed by atoms with Crippen molar-refractivity contribution in [3.05, 3.63) is 34.5 Å². The number of aromatic amines is 2. The van der Waals surface area contributed by atoms with Gasteiger partial charge < -0.3 is 0 Å². The van der Waals surface area contributed by atoms with Gasteiger partial charge in [-0.05, 0) is 18.1 Å². The summed E-state index contributed by atoms with van der Waals surface area (Å²) in [7, 11) is 0. The van der Waals surface area contributed by atoms with Crippen molar-refractivity contribution in [2.45, 2.75) is 13.3 Å². The zero-order valence-corrected chi connectivity index (χ0v) is 7.74. The summed E-state index contributed by atoms with van der Waals surface area (Å²) in [4.78, 5) is 17.5. The third-order valence-corrected chi connectivity index (χ3v) is 2.04. The van der Waals surface area contributed by atoms with Crippen molar-refractivity contribution in [3.63, 3.8) is 0 Å². The molecular weight excluding hydrogens is 180 g/mol. The lowest BCUT2D eigenvalue weighted by molar-refractivity contribution is 1.05. The molecule has 5 heteroatoms. The van der Waals surface area contributed by atoms with E-state index in [1.807, 2.05) is 13.0 Å². The molecule has 0 saturated carbocycles. The van der Waals surface area contributed by atoms with Crippen LogP contribution in [0.1, 0.15) is 12.5 Å². The van der Waals surface area contributed by atoms with E-state index in [0.717, 1.165) is 17.5 Å². The number of hydrogen-bond acceptors (Lipinski definition) is 3. The maximum absolute atomic E-state index is 10.9. The van der Waals surface area contributed by atoms with Crippen molar-refractivity contribution in [3.8, 4) is 11.4 Å². The SMILES string of the molecule is CCc1cnccc1-c1n[nH]c(=O)[nH]1. The van der Waals surface area contributed by atoms with Crippen LogP contribution in [0.25, 0.3) is 11.4 Å². The molecule has 72 valence electrons. The van der Waals surface area contributed by atoms with E-state index < -0.39 is 0 Å². The highest BCUT2D eigenvalue weighted by Crippen LogP contribution is 2.17. The van der Waals surface area contributed by atoms with Crippen LogP contribution < -0.4 is 5.69 Å². The van der Waals surface area contributed by atoms with Crippen molar-refractivity contribution in [1.29, 1.82) is 0 Å². The Morgan fingerprint density at radius 2 is 2.36 bits per heavy atom. The fourth-order valence-electron chi connectivity index (χ4n) is 1.34. The van der Waals surface area contributed by atoms with Crippen molar-refractivity contribution in [1.82, 2.24) is 20.2 Å². The molecule has 14 heavy (non-hydrogen) atoms. The van der Waals surface area contributed by atoms with E-state index in [4.69, 9.17) is 0 Å². The number of aryl methyl sites for hydroxylation is 1. The van der Waals surface area contributed by atoms with Crippen LogP contribution >= 0.6 is 0 Å². The summed E-state index contributed by atoms with van der Waals surface area (Å²) in [5.74, 6) is 0.564. The van der Waals surface area contributed by atoms with E-state index in [1.54, 1.807) is 12.4 Å². The van der Waals surface area contributed by atoms with Crippen LogP contribution in [0.5, 0.6) is 0 Å². The number of nitrogens with one attached hydrogen (secondary N) is 2.